The largest absolute Gasteiger partial charge is 0.242 e. The van der Waals surface area contributed by atoms with Gasteiger partial charge in [-0.25, -0.2) is 12.7 Å². The van der Waals surface area contributed by atoms with Crippen molar-refractivity contribution in [3.63, 3.8) is 0 Å². The molecule has 16 heavy (non-hydrogen) atoms. The Morgan fingerprint density at radius 2 is 1.75 bits per heavy atom. The zero-order chi connectivity index (χ0) is 12.3. The first-order chi connectivity index (χ1) is 7.39. The van der Waals surface area contributed by atoms with Crippen LogP contribution in [-0.4, -0.2) is 32.1 Å². The SMILES string of the molecule is CC(CBr)c1ccc(S(=O)(=O)N(C)C)cc1. The van der Waals surface area contributed by atoms with Gasteiger partial charge in [-0.3, -0.25) is 0 Å². The molecule has 0 bridgehead atoms. The van der Waals surface area contributed by atoms with Gasteiger partial charge in [0.15, 0.2) is 0 Å². The van der Waals surface area contributed by atoms with Crippen LogP contribution in [0, 0.1) is 0 Å². The van der Waals surface area contributed by atoms with Gasteiger partial charge in [0.05, 0.1) is 4.90 Å². The summed E-state index contributed by atoms with van der Waals surface area (Å²) in [6.07, 6.45) is 0. The minimum absolute atomic E-state index is 0.336. The van der Waals surface area contributed by atoms with Crippen LogP contribution in [0.4, 0.5) is 0 Å². The van der Waals surface area contributed by atoms with E-state index in [0.29, 0.717) is 10.8 Å². The van der Waals surface area contributed by atoms with E-state index in [1.165, 1.54) is 18.4 Å². The third-order valence-corrected chi connectivity index (χ3v) is 5.26. The van der Waals surface area contributed by atoms with E-state index < -0.39 is 10.0 Å². The summed E-state index contributed by atoms with van der Waals surface area (Å²) in [5.74, 6) is 0.385. The predicted octanol–water partition coefficient (Wildman–Crippen LogP) is 2.44. The molecule has 0 saturated heterocycles. The van der Waals surface area contributed by atoms with Crippen molar-refractivity contribution in [1.29, 1.82) is 0 Å². The predicted molar refractivity (Wildman–Crippen MR) is 69.5 cm³/mol. The molecule has 3 nitrogen and oxygen atoms in total. The highest BCUT2D eigenvalue weighted by Gasteiger charge is 2.16. The Labute approximate surface area is 106 Å². The van der Waals surface area contributed by atoms with E-state index >= 15 is 0 Å². The number of rotatable bonds is 4. The van der Waals surface area contributed by atoms with Gasteiger partial charge < -0.3 is 0 Å². The highest BCUT2D eigenvalue weighted by molar-refractivity contribution is 9.09. The lowest BCUT2D eigenvalue weighted by Gasteiger charge is -2.13. The summed E-state index contributed by atoms with van der Waals surface area (Å²) >= 11 is 3.41. The van der Waals surface area contributed by atoms with Crippen molar-refractivity contribution in [3.8, 4) is 0 Å². The number of benzene rings is 1. The minimum atomic E-state index is -3.30. The molecule has 1 atom stereocenters. The van der Waals surface area contributed by atoms with Crippen LogP contribution in [0.2, 0.25) is 0 Å². The summed E-state index contributed by atoms with van der Waals surface area (Å²) in [5.41, 5.74) is 1.13. The number of halogens is 1. The van der Waals surface area contributed by atoms with E-state index in [-0.39, 0.29) is 0 Å². The van der Waals surface area contributed by atoms with E-state index in [9.17, 15) is 8.42 Å². The van der Waals surface area contributed by atoms with Crippen LogP contribution in [0.3, 0.4) is 0 Å². The van der Waals surface area contributed by atoms with Crippen LogP contribution in [-0.2, 0) is 10.0 Å². The molecular weight excluding hydrogens is 290 g/mol. The second kappa shape index (κ2) is 5.29. The Morgan fingerprint density at radius 3 is 2.12 bits per heavy atom. The Bertz CT molecular complexity index is 440. The van der Waals surface area contributed by atoms with Gasteiger partial charge in [-0.1, -0.05) is 35.0 Å². The maximum absolute atomic E-state index is 11.8. The highest BCUT2D eigenvalue weighted by atomic mass is 79.9. The lowest BCUT2D eigenvalue weighted by atomic mass is 10.0. The lowest BCUT2D eigenvalue weighted by Crippen LogP contribution is -2.22. The van der Waals surface area contributed by atoms with Crippen molar-refractivity contribution in [3.05, 3.63) is 29.8 Å². The number of nitrogens with zero attached hydrogens (tertiary/aromatic N) is 1. The summed E-state index contributed by atoms with van der Waals surface area (Å²) in [6, 6.07) is 7.04. The molecule has 0 aliphatic rings. The maximum atomic E-state index is 11.8. The standard InChI is InChI=1S/C11H16BrNO2S/c1-9(8-12)10-4-6-11(7-5-10)16(14,15)13(2)3/h4-7,9H,8H2,1-3H3. The summed E-state index contributed by atoms with van der Waals surface area (Å²) in [6.45, 7) is 2.09. The summed E-state index contributed by atoms with van der Waals surface area (Å²) in [5, 5.41) is 0.868. The fraction of sp³-hybridized carbons (Fsp3) is 0.455. The van der Waals surface area contributed by atoms with E-state index in [4.69, 9.17) is 0 Å². The molecule has 0 fully saturated rings. The first-order valence-electron chi connectivity index (χ1n) is 4.98. The van der Waals surface area contributed by atoms with Crippen LogP contribution in [0.1, 0.15) is 18.4 Å². The van der Waals surface area contributed by atoms with Crippen molar-refractivity contribution < 1.29 is 8.42 Å². The molecule has 5 heteroatoms. The number of sulfonamides is 1. The molecular formula is C11H16BrNO2S. The van der Waals surface area contributed by atoms with Crippen LogP contribution in [0.5, 0.6) is 0 Å². The Balaban J connectivity index is 3.05. The van der Waals surface area contributed by atoms with Gasteiger partial charge in [0.25, 0.3) is 0 Å². The van der Waals surface area contributed by atoms with E-state index in [1.807, 2.05) is 12.1 Å². The van der Waals surface area contributed by atoms with Gasteiger partial charge in [0, 0.05) is 19.4 Å². The topological polar surface area (TPSA) is 37.4 Å². The summed E-state index contributed by atoms with van der Waals surface area (Å²) < 4.78 is 24.8. The zero-order valence-corrected chi connectivity index (χ0v) is 12.0. The van der Waals surface area contributed by atoms with Gasteiger partial charge in [-0.05, 0) is 23.6 Å². The minimum Gasteiger partial charge on any atom is -0.207 e. The van der Waals surface area contributed by atoms with E-state index in [2.05, 4.69) is 22.9 Å². The average molecular weight is 306 g/mol. The van der Waals surface area contributed by atoms with E-state index in [0.717, 1.165) is 10.9 Å². The quantitative estimate of drug-likeness (QED) is 0.801. The highest BCUT2D eigenvalue weighted by Crippen LogP contribution is 2.20. The summed E-state index contributed by atoms with van der Waals surface area (Å²) in [4.78, 5) is 0.336. The van der Waals surface area contributed by atoms with Gasteiger partial charge in [0.2, 0.25) is 10.0 Å². The molecule has 0 aliphatic heterocycles. The van der Waals surface area contributed by atoms with Crippen molar-refractivity contribution in [1.82, 2.24) is 4.31 Å². The van der Waals surface area contributed by atoms with Crippen molar-refractivity contribution in [2.45, 2.75) is 17.7 Å². The van der Waals surface area contributed by atoms with Gasteiger partial charge >= 0.3 is 0 Å². The number of hydrogen-bond donors (Lipinski definition) is 0. The van der Waals surface area contributed by atoms with Crippen molar-refractivity contribution in [2.24, 2.45) is 0 Å². The third-order valence-electron chi connectivity index (χ3n) is 2.46. The molecule has 0 saturated carbocycles. The Kier molecular flexibility index (Phi) is 4.52. The lowest BCUT2D eigenvalue weighted by molar-refractivity contribution is 0.520. The third kappa shape index (κ3) is 2.84. The molecule has 0 aromatic heterocycles. The molecule has 0 heterocycles. The molecule has 1 aromatic rings. The zero-order valence-electron chi connectivity index (χ0n) is 9.64. The Morgan fingerprint density at radius 1 is 1.25 bits per heavy atom. The fourth-order valence-corrected chi connectivity index (χ4v) is 2.54. The normalized spacial score (nSPS) is 14.1. The first-order valence-corrected chi connectivity index (χ1v) is 7.54. The second-order valence-corrected chi connectivity index (χ2v) is 6.71. The molecule has 0 radical (unpaired) electrons. The molecule has 1 rings (SSSR count). The van der Waals surface area contributed by atoms with Crippen LogP contribution in [0.15, 0.2) is 29.2 Å². The Hall–Kier alpha value is -0.390. The van der Waals surface area contributed by atoms with Crippen molar-refractivity contribution >= 4 is 26.0 Å². The molecule has 0 N–H and O–H groups in total. The monoisotopic (exact) mass is 305 g/mol. The molecule has 0 aliphatic carbocycles. The van der Waals surface area contributed by atoms with Crippen LogP contribution >= 0.6 is 15.9 Å². The number of alkyl halides is 1. The summed E-state index contributed by atoms with van der Waals surface area (Å²) in [7, 11) is -0.240. The van der Waals surface area contributed by atoms with Crippen molar-refractivity contribution in [2.75, 3.05) is 19.4 Å². The second-order valence-electron chi connectivity index (χ2n) is 3.91. The first kappa shape index (κ1) is 13.7. The van der Waals surface area contributed by atoms with Gasteiger partial charge in [-0.2, -0.15) is 0 Å². The van der Waals surface area contributed by atoms with Crippen LogP contribution in [0.25, 0.3) is 0 Å². The molecule has 1 unspecified atom stereocenters. The smallest absolute Gasteiger partial charge is 0.207 e. The van der Waals surface area contributed by atoms with Gasteiger partial charge in [-0.15, -0.1) is 0 Å². The molecule has 0 amide bonds. The maximum Gasteiger partial charge on any atom is 0.242 e. The van der Waals surface area contributed by atoms with Gasteiger partial charge in [0.1, 0.15) is 0 Å². The molecule has 90 valence electrons. The number of hydrogen-bond acceptors (Lipinski definition) is 2. The average Bonchev–Trinajstić information content (AvgIpc) is 2.28. The van der Waals surface area contributed by atoms with E-state index in [1.54, 1.807) is 12.1 Å². The van der Waals surface area contributed by atoms with Crippen LogP contribution < -0.4 is 0 Å². The fourth-order valence-electron chi connectivity index (χ4n) is 1.27. The molecule has 1 aromatic carbocycles. The molecule has 0 spiro atoms.